The number of aromatic nitrogens is 2. The van der Waals surface area contributed by atoms with Crippen LogP contribution < -0.4 is 10.1 Å². The minimum atomic E-state index is -0.836. The van der Waals surface area contributed by atoms with Gasteiger partial charge in [0.25, 0.3) is 0 Å². The monoisotopic (exact) mass is 511 g/mol. The molecule has 6 nitrogen and oxygen atoms in total. The van der Waals surface area contributed by atoms with Crippen molar-refractivity contribution in [2.75, 3.05) is 19.0 Å². The van der Waals surface area contributed by atoms with Gasteiger partial charge in [-0.25, -0.2) is 4.79 Å². The normalized spacial score (nSPS) is 15.8. The fourth-order valence-electron chi connectivity index (χ4n) is 6.36. The highest BCUT2D eigenvalue weighted by Crippen LogP contribution is 2.50. The lowest BCUT2D eigenvalue weighted by Gasteiger charge is -2.23. The Hall–Kier alpha value is -3.71. The highest BCUT2D eigenvalue weighted by atomic mass is 32.1. The molecule has 1 aliphatic heterocycles. The van der Waals surface area contributed by atoms with E-state index in [1.807, 2.05) is 18.2 Å². The van der Waals surface area contributed by atoms with Crippen molar-refractivity contribution >= 4 is 44.1 Å². The van der Waals surface area contributed by atoms with Gasteiger partial charge in [0.1, 0.15) is 10.6 Å². The van der Waals surface area contributed by atoms with Crippen LogP contribution in [0, 0.1) is 0 Å². The Bertz CT molecular complexity index is 1650. The van der Waals surface area contributed by atoms with E-state index in [0.29, 0.717) is 10.8 Å². The molecule has 0 spiro atoms. The molecule has 1 fully saturated rings. The molecule has 7 rings (SSSR count). The summed E-state index contributed by atoms with van der Waals surface area (Å²) in [5, 5.41) is 14.7. The predicted octanol–water partition coefficient (Wildman–Crippen LogP) is 7.70. The van der Waals surface area contributed by atoms with Gasteiger partial charge in [0, 0.05) is 35.2 Å². The van der Waals surface area contributed by atoms with Gasteiger partial charge in [-0.3, -0.25) is 0 Å². The Morgan fingerprint density at radius 2 is 1.89 bits per heavy atom. The first-order valence-electron chi connectivity index (χ1n) is 13.1. The zero-order chi connectivity index (χ0) is 25.1. The number of rotatable bonds is 4. The highest BCUT2D eigenvalue weighted by molar-refractivity contribution is 7.21. The summed E-state index contributed by atoms with van der Waals surface area (Å²) in [5.74, 6) is 0.477. The van der Waals surface area contributed by atoms with Crippen LogP contribution in [0.25, 0.3) is 43.6 Å². The number of ether oxygens (including phenoxy) is 1. The maximum atomic E-state index is 11.9. The van der Waals surface area contributed by atoms with Crippen LogP contribution >= 0.6 is 11.3 Å². The number of nitrogens with zero attached hydrogens (tertiary/aromatic N) is 1. The number of anilines is 1. The van der Waals surface area contributed by atoms with Crippen molar-refractivity contribution < 1.29 is 14.6 Å². The molecule has 1 aliphatic carbocycles. The molecular weight excluding hydrogens is 482 g/mol. The number of aromatic carboxylic acids is 1. The number of H-pyrrole nitrogens is 1. The summed E-state index contributed by atoms with van der Waals surface area (Å²) >= 11 is 1.45. The van der Waals surface area contributed by atoms with Gasteiger partial charge >= 0.3 is 5.97 Å². The Morgan fingerprint density at radius 3 is 2.65 bits per heavy atom. The van der Waals surface area contributed by atoms with Gasteiger partial charge in [-0.05, 0) is 78.4 Å². The number of hydrogen-bond donors (Lipinski definition) is 3. The molecule has 5 aromatic rings. The van der Waals surface area contributed by atoms with Crippen LogP contribution in [-0.2, 0) is 6.54 Å². The molecule has 3 aromatic heterocycles. The first-order valence-corrected chi connectivity index (χ1v) is 13.9. The van der Waals surface area contributed by atoms with Crippen molar-refractivity contribution in [3.05, 3.63) is 59.0 Å². The van der Waals surface area contributed by atoms with Crippen molar-refractivity contribution in [2.24, 2.45) is 0 Å². The Morgan fingerprint density at radius 1 is 1.08 bits per heavy atom. The van der Waals surface area contributed by atoms with Crippen molar-refractivity contribution in [2.45, 2.75) is 44.6 Å². The van der Waals surface area contributed by atoms with Crippen LogP contribution in [0.5, 0.6) is 5.75 Å². The summed E-state index contributed by atoms with van der Waals surface area (Å²) in [4.78, 5) is 15.9. The van der Waals surface area contributed by atoms with Gasteiger partial charge < -0.3 is 24.7 Å². The van der Waals surface area contributed by atoms with Crippen molar-refractivity contribution in [1.82, 2.24) is 9.55 Å². The number of carboxylic acids is 1. The lowest BCUT2D eigenvalue weighted by molar-refractivity contribution is 0.0702. The largest absolute Gasteiger partial charge is 0.497 e. The SMILES string of the molecule is COc1ccc(-c2cc3c4c(ccc3[nH]2)-c2c(C3CCCCC3)c3sc(C(=O)O)cc3n2CCN4)cc1. The average molecular weight is 512 g/mol. The number of thiophene rings is 1. The number of aromatic amines is 1. The zero-order valence-electron chi connectivity index (χ0n) is 20.8. The standard InChI is InChI=1S/C30H29N3O3S/c1-36-19-9-7-17(8-10-19)23-15-21-22(32-23)12-11-20-27(21)31-13-14-33-24-16-25(30(34)35)37-29(24)26(28(20)33)18-5-3-2-4-6-18/h7-12,15-16,18,31-32H,2-6,13-14H2,1H3,(H,34,35). The van der Waals surface area contributed by atoms with Gasteiger partial charge in [-0.15, -0.1) is 11.3 Å². The number of benzene rings is 2. The van der Waals surface area contributed by atoms with Crippen LogP contribution in [0.3, 0.4) is 0 Å². The molecule has 4 heterocycles. The maximum Gasteiger partial charge on any atom is 0.345 e. The summed E-state index contributed by atoms with van der Waals surface area (Å²) in [6, 6.07) is 16.7. The van der Waals surface area contributed by atoms with E-state index in [1.165, 1.54) is 70.3 Å². The van der Waals surface area contributed by atoms with Gasteiger partial charge in [-0.1, -0.05) is 19.3 Å². The first-order chi connectivity index (χ1) is 18.1. The molecule has 2 aliphatic rings. The van der Waals surface area contributed by atoms with Crippen molar-refractivity contribution in [3.8, 4) is 28.3 Å². The average Bonchev–Trinajstić information content (AvgIpc) is 3.59. The molecule has 0 bridgehead atoms. The summed E-state index contributed by atoms with van der Waals surface area (Å²) in [5.41, 5.74) is 9.38. The molecule has 2 aromatic carbocycles. The van der Waals surface area contributed by atoms with E-state index in [4.69, 9.17) is 4.74 Å². The van der Waals surface area contributed by atoms with Crippen LogP contribution in [0.15, 0.2) is 48.5 Å². The van der Waals surface area contributed by atoms with E-state index in [2.05, 4.69) is 45.2 Å². The van der Waals surface area contributed by atoms with E-state index < -0.39 is 5.97 Å². The summed E-state index contributed by atoms with van der Waals surface area (Å²) in [6.07, 6.45) is 6.10. The summed E-state index contributed by atoms with van der Waals surface area (Å²) < 4.78 is 8.88. The predicted molar refractivity (Wildman–Crippen MR) is 150 cm³/mol. The fourth-order valence-corrected chi connectivity index (χ4v) is 7.48. The molecule has 3 N–H and O–H groups in total. The topological polar surface area (TPSA) is 79.3 Å². The zero-order valence-corrected chi connectivity index (χ0v) is 21.6. The number of hydrogen-bond acceptors (Lipinski definition) is 4. The molecule has 0 radical (unpaired) electrons. The third-order valence-corrected chi connectivity index (χ3v) is 9.24. The number of fused-ring (bicyclic) bond motifs is 7. The summed E-state index contributed by atoms with van der Waals surface area (Å²) in [7, 11) is 1.68. The van der Waals surface area contributed by atoms with Crippen LogP contribution in [0.1, 0.15) is 53.3 Å². The lowest BCUT2D eigenvalue weighted by Crippen LogP contribution is -2.08. The second-order valence-corrected chi connectivity index (χ2v) is 11.2. The van der Waals surface area contributed by atoms with Gasteiger partial charge in [0.15, 0.2) is 0 Å². The van der Waals surface area contributed by atoms with Gasteiger partial charge in [-0.2, -0.15) is 0 Å². The van der Waals surface area contributed by atoms with Gasteiger partial charge in [0.2, 0.25) is 0 Å². The second-order valence-electron chi connectivity index (χ2n) is 10.2. The summed E-state index contributed by atoms with van der Waals surface area (Å²) in [6.45, 7) is 1.59. The molecule has 1 saturated carbocycles. The second kappa shape index (κ2) is 8.70. The third kappa shape index (κ3) is 3.55. The number of methoxy groups -OCH3 is 1. The van der Waals surface area contributed by atoms with Crippen molar-refractivity contribution in [3.63, 3.8) is 0 Å². The molecule has 0 amide bonds. The smallest absolute Gasteiger partial charge is 0.345 e. The molecule has 188 valence electrons. The molecule has 0 unspecified atom stereocenters. The minimum Gasteiger partial charge on any atom is -0.497 e. The van der Waals surface area contributed by atoms with E-state index in [-0.39, 0.29) is 0 Å². The molecule has 0 saturated heterocycles. The third-order valence-electron chi connectivity index (χ3n) is 8.09. The molecule has 0 atom stereocenters. The Kier molecular flexibility index (Phi) is 5.29. The van der Waals surface area contributed by atoms with Crippen molar-refractivity contribution in [1.29, 1.82) is 0 Å². The fraction of sp³-hybridized carbons (Fsp3) is 0.300. The van der Waals surface area contributed by atoms with Crippen LogP contribution in [0.2, 0.25) is 0 Å². The quantitative estimate of drug-likeness (QED) is 0.231. The van der Waals surface area contributed by atoms with E-state index in [1.54, 1.807) is 7.11 Å². The Balaban J connectivity index is 1.44. The number of carboxylic acid groups (broad SMARTS) is 1. The number of nitrogens with one attached hydrogen (secondary N) is 2. The first kappa shape index (κ1) is 22.5. The maximum absolute atomic E-state index is 11.9. The van der Waals surface area contributed by atoms with E-state index in [9.17, 15) is 9.90 Å². The van der Waals surface area contributed by atoms with Crippen LogP contribution in [0.4, 0.5) is 5.69 Å². The molecule has 37 heavy (non-hydrogen) atoms. The van der Waals surface area contributed by atoms with E-state index >= 15 is 0 Å². The lowest BCUT2D eigenvalue weighted by atomic mass is 9.83. The number of carbonyl (C=O) groups is 1. The minimum absolute atomic E-state index is 0.431. The van der Waals surface area contributed by atoms with Gasteiger partial charge in [0.05, 0.1) is 28.7 Å². The van der Waals surface area contributed by atoms with Crippen LogP contribution in [-0.4, -0.2) is 34.3 Å². The Labute approximate surface area is 218 Å². The van der Waals surface area contributed by atoms with E-state index in [0.717, 1.165) is 46.8 Å². The molecular formula is C30H29N3O3S. The highest BCUT2D eigenvalue weighted by Gasteiger charge is 2.31. The molecule has 7 heteroatoms.